The van der Waals surface area contributed by atoms with E-state index in [9.17, 15) is 5.11 Å². The van der Waals surface area contributed by atoms with E-state index >= 15 is 0 Å². The summed E-state index contributed by atoms with van der Waals surface area (Å²) in [7, 11) is 0. The second-order valence-corrected chi connectivity index (χ2v) is 5.44. The number of hydrogen-bond acceptors (Lipinski definition) is 2. The van der Waals surface area contributed by atoms with Gasteiger partial charge in [0.2, 0.25) is 0 Å². The largest absolute Gasteiger partial charge is 0.393 e. The smallest absolute Gasteiger partial charge is 0.0564 e. The first kappa shape index (κ1) is 13.1. The van der Waals surface area contributed by atoms with Gasteiger partial charge in [-0.15, -0.1) is 0 Å². The van der Waals surface area contributed by atoms with Crippen molar-refractivity contribution < 1.29 is 5.11 Å². The van der Waals surface area contributed by atoms with Gasteiger partial charge in [0.05, 0.1) is 6.10 Å². The number of likely N-dealkylation sites (tertiary alicyclic amines) is 1. The predicted molar refractivity (Wildman–Crippen MR) is 74.7 cm³/mol. The Labute approximate surface area is 112 Å². The normalized spacial score (nSPS) is 20.4. The van der Waals surface area contributed by atoms with Crippen LogP contribution >= 0.6 is 15.9 Å². The average Bonchev–Trinajstić information content (AvgIpc) is 2.39. The molecule has 2 rings (SSSR count). The molecule has 1 aliphatic rings. The molecule has 94 valence electrons. The van der Waals surface area contributed by atoms with Crippen molar-refractivity contribution >= 4 is 15.9 Å². The summed E-state index contributed by atoms with van der Waals surface area (Å²) in [6.07, 6.45) is 1.76. The SMILES string of the molecule is OC1CCN(CC(CBr)c2ccccc2)CC1. The van der Waals surface area contributed by atoms with Gasteiger partial charge < -0.3 is 10.0 Å². The number of nitrogens with zero attached hydrogens (tertiary/aromatic N) is 1. The molecule has 1 aliphatic heterocycles. The van der Waals surface area contributed by atoms with Crippen molar-refractivity contribution in [3.05, 3.63) is 35.9 Å². The number of alkyl halides is 1. The third kappa shape index (κ3) is 3.80. The monoisotopic (exact) mass is 297 g/mol. The zero-order chi connectivity index (χ0) is 12.1. The fourth-order valence-corrected chi connectivity index (χ4v) is 2.96. The van der Waals surface area contributed by atoms with Gasteiger partial charge in [-0.2, -0.15) is 0 Å². The molecule has 0 radical (unpaired) electrons. The van der Waals surface area contributed by atoms with Gasteiger partial charge in [0.1, 0.15) is 0 Å². The lowest BCUT2D eigenvalue weighted by Gasteiger charge is -2.32. The van der Waals surface area contributed by atoms with Crippen molar-refractivity contribution in [2.45, 2.75) is 24.9 Å². The molecule has 0 aliphatic carbocycles. The Kier molecular flexibility index (Phi) is 5.01. The maximum absolute atomic E-state index is 9.50. The summed E-state index contributed by atoms with van der Waals surface area (Å²) in [5, 5.41) is 10.5. The average molecular weight is 298 g/mol. The van der Waals surface area contributed by atoms with Crippen LogP contribution in [0.1, 0.15) is 24.3 Å². The number of aliphatic hydroxyl groups is 1. The molecule has 0 saturated carbocycles. The molecular formula is C14H20BrNO. The molecule has 1 heterocycles. The van der Waals surface area contributed by atoms with Crippen LogP contribution in [0.2, 0.25) is 0 Å². The second kappa shape index (κ2) is 6.53. The highest BCUT2D eigenvalue weighted by atomic mass is 79.9. The van der Waals surface area contributed by atoms with Gasteiger partial charge in [-0.3, -0.25) is 0 Å². The first-order valence-corrected chi connectivity index (χ1v) is 7.43. The molecule has 1 aromatic carbocycles. The van der Waals surface area contributed by atoms with Crippen LogP contribution < -0.4 is 0 Å². The van der Waals surface area contributed by atoms with Crippen LogP contribution in [0.4, 0.5) is 0 Å². The topological polar surface area (TPSA) is 23.5 Å². The lowest BCUT2D eigenvalue weighted by Crippen LogP contribution is -2.38. The summed E-state index contributed by atoms with van der Waals surface area (Å²) in [5.41, 5.74) is 1.40. The van der Waals surface area contributed by atoms with E-state index in [2.05, 4.69) is 51.2 Å². The highest BCUT2D eigenvalue weighted by Crippen LogP contribution is 2.21. The van der Waals surface area contributed by atoms with Crippen LogP contribution in [0, 0.1) is 0 Å². The van der Waals surface area contributed by atoms with Crippen molar-refractivity contribution in [2.75, 3.05) is 25.0 Å². The maximum atomic E-state index is 9.50. The molecule has 0 bridgehead atoms. The molecule has 1 N–H and O–H groups in total. The first-order valence-electron chi connectivity index (χ1n) is 6.31. The van der Waals surface area contributed by atoms with Gasteiger partial charge in [0.15, 0.2) is 0 Å². The molecule has 0 spiro atoms. The summed E-state index contributed by atoms with van der Waals surface area (Å²) in [4.78, 5) is 2.46. The minimum absolute atomic E-state index is 0.0783. The minimum atomic E-state index is -0.0783. The van der Waals surface area contributed by atoms with E-state index < -0.39 is 0 Å². The quantitative estimate of drug-likeness (QED) is 0.864. The molecule has 3 heteroatoms. The Balaban J connectivity index is 1.92. The highest BCUT2D eigenvalue weighted by Gasteiger charge is 2.20. The molecule has 2 nitrogen and oxygen atoms in total. The van der Waals surface area contributed by atoms with E-state index in [-0.39, 0.29) is 6.10 Å². The lowest BCUT2D eigenvalue weighted by molar-refractivity contribution is 0.0806. The molecule has 1 saturated heterocycles. The molecule has 1 unspecified atom stereocenters. The van der Waals surface area contributed by atoms with E-state index in [4.69, 9.17) is 0 Å². The Bertz CT molecular complexity index is 322. The van der Waals surface area contributed by atoms with Gasteiger partial charge in [0.25, 0.3) is 0 Å². The third-order valence-corrected chi connectivity index (χ3v) is 4.27. The van der Waals surface area contributed by atoms with Crippen LogP contribution in [0.5, 0.6) is 0 Å². The zero-order valence-electron chi connectivity index (χ0n) is 10.1. The summed E-state index contributed by atoms with van der Waals surface area (Å²) in [6, 6.07) is 10.7. The Morgan fingerprint density at radius 2 is 1.88 bits per heavy atom. The summed E-state index contributed by atoms with van der Waals surface area (Å²) < 4.78 is 0. The van der Waals surface area contributed by atoms with Crippen molar-refractivity contribution in [3.63, 3.8) is 0 Å². The van der Waals surface area contributed by atoms with Crippen LogP contribution in [0.15, 0.2) is 30.3 Å². The molecule has 0 aromatic heterocycles. The number of halogens is 1. The number of aliphatic hydroxyl groups excluding tert-OH is 1. The zero-order valence-corrected chi connectivity index (χ0v) is 11.6. The summed E-state index contributed by atoms with van der Waals surface area (Å²) in [5.74, 6) is 0.548. The predicted octanol–water partition coefficient (Wildman–Crippen LogP) is 2.62. The summed E-state index contributed by atoms with van der Waals surface area (Å²) in [6.45, 7) is 3.14. The van der Waals surface area contributed by atoms with Crippen LogP contribution in [0.25, 0.3) is 0 Å². The summed E-state index contributed by atoms with van der Waals surface area (Å²) >= 11 is 3.62. The highest BCUT2D eigenvalue weighted by molar-refractivity contribution is 9.09. The lowest BCUT2D eigenvalue weighted by atomic mass is 9.99. The van der Waals surface area contributed by atoms with E-state index in [0.717, 1.165) is 37.8 Å². The number of hydrogen-bond donors (Lipinski definition) is 1. The third-order valence-electron chi connectivity index (χ3n) is 3.49. The standard InChI is InChI=1S/C14H20BrNO/c15-10-13(12-4-2-1-3-5-12)11-16-8-6-14(17)7-9-16/h1-5,13-14,17H,6-11H2. The Morgan fingerprint density at radius 3 is 2.47 bits per heavy atom. The number of benzene rings is 1. The van der Waals surface area contributed by atoms with E-state index in [0.29, 0.717) is 5.92 Å². The fourth-order valence-electron chi connectivity index (χ4n) is 2.38. The number of piperidine rings is 1. The molecule has 17 heavy (non-hydrogen) atoms. The van der Waals surface area contributed by atoms with E-state index in [1.54, 1.807) is 0 Å². The molecule has 1 atom stereocenters. The van der Waals surface area contributed by atoms with Crippen molar-refractivity contribution in [1.82, 2.24) is 4.90 Å². The van der Waals surface area contributed by atoms with Crippen molar-refractivity contribution in [3.8, 4) is 0 Å². The fraction of sp³-hybridized carbons (Fsp3) is 0.571. The van der Waals surface area contributed by atoms with Crippen LogP contribution in [-0.4, -0.2) is 41.1 Å². The molecule has 1 aromatic rings. The molecule has 0 amide bonds. The van der Waals surface area contributed by atoms with Crippen LogP contribution in [0.3, 0.4) is 0 Å². The van der Waals surface area contributed by atoms with Crippen LogP contribution in [-0.2, 0) is 0 Å². The first-order chi connectivity index (χ1) is 8.29. The molecular weight excluding hydrogens is 278 g/mol. The second-order valence-electron chi connectivity index (χ2n) is 4.79. The minimum Gasteiger partial charge on any atom is -0.393 e. The van der Waals surface area contributed by atoms with Gasteiger partial charge in [0, 0.05) is 30.9 Å². The Morgan fingerprint density at radius 1 is 1.24 bits per heavy atom. The van der Waals surface area contributed by atoms with Crippen molar-refractivity contribution in [2.24, 2.45) is 0 Å². The van der Waals surface area contributed by atoms with Crippen molar-refractivity contribution in [1.29, 1.82) is 0 Å². The van der Waals surface area contributed by atoms with Gasteiger partial charge in [-0.1, -0.05) is 46.3 Å². The van der Waals surface area contributed by atoms with E-state index in [1.807, 2.05) is 0 Å². The van der Waals surface area contributed by atoms with Gasteiger partial charge >= 0.3 is 0 Å². The molecule has 1 fully saturated rings. The van der Waals surface area contributed by atoms with E-state index in [1.165, 1.54) is 5.56 Å². The van der Waals surface area contributed by atoms with Gasteiger partial charge in [-0.25, -0.2) is 0 Å². The maximum Gasteiger partial charge on any atom is 0.0564 e. The Hall–Kier alpha value is -0.380. The number of rotatable bonds is 4. The van der Waals surface area contributed by atoms with Gasteiger partial charge in [-0.05, 0) is 18.4 Å².